The number of rotatable bonds is 4. The summed E-state index contributed by atoms with van der Waals surface area (Å²) in [7, 11) is 0. The second kappa shape index (κ2) is 9.46. The third-order valence-electron chi connectivity index (χ3n) is 5.48. The van der Waals surface area contributed by atoms with E-state index in [1.807, 2.05) is 27.7 Å². The van der Waals surface area contributed by atoms with Crippen LogP contribution < -0.4 is 5.32 Å². The van der Waals surface area contributed by atoms with Crippen molar-refractivity contribution >= 4 is 17.9 Å². The highest BCUT2D eigenvalue weighted by Gasteiger charge is 2.41. The number of halogens is 1. The summed E-state index contributed by atoms with van der Waals surface area (Å²) in [6, 6.07) is 3.39. The monoisotopic (exact) mass is 449 g/mol. The molecule has 7 nitrogen and oxygen atoms in total. The van der Waals surface area contributed by atoms with Crippen LogP contribution in [0.1, 0.15) is 64.4 Å². The van der Waals surface area contributed by atoms with Gasteiger partial charge < -0.3 is 19.9 Å². The summed E-state index contributed by atoms with van der Waals surface area (Å²) in [5.74, 6) is -0.915. The molecule has 1 N–H and O–H groups in total. The number of carbonyl (C=O) groups is 3. The SMILES string of the molecule is Cc1cc(F)ccc1C(=O)N1CCN(C(=O)[C@@H](NC(=O)OC(C)(C)C)C(C)C)CC1(C)C. The summed E-state index contributed by atoms with van der Waals surface area (Å²) >= 11 is 0. The molecule has 1 aliphatic rings. The average molecular weight is 450 g/mol. The maximum atomic E-state index is 13.5. The maximum absolute atomic E-state index is 13.5. The van der Waals surface area contributed by atoms with Gasteiger partial charge in [-0.2, -0.15) is 0 Å². The summed E-state index contributed by atoms with van der Waals surface area (Å²) in [5, 5.41) is 2.70. The van der Waals surface area contributed by atoms with Crippen LogP contribution in [0.15, 0.2) is 18.2 Å². The number of piperazine rings is 1. The third kappa shape index (κ3) is 6.20. The van der Waals surface area contributed by atoms with Crippen LogP contribution in [0.3, 0.4) is 0 Å². The van der Waals surface area contributed by atoms with Crippen LogP contribution in [0.4, 0.5) is 9.18 Å². The molecule has 0 unspecified atom stereocenters. The Labute approximate surface area is 190 Å². The van der Waals surface area contributed by atoms with Crippen molar-refractivity contribution in [2.75, 3.05) is 19.6 Å². The first-order valence-corrected chi connectivity index (χ1v) is 11.0. The number of nitrogens with one attached hydrogen (secondary N) is 1. The zero-order valence-electron chi connectivity index (χ0n) is 20.4. The van der Waals surface area contributed by atoms with Crippen molar-refractivity contribution in [1.82, 2.24) is 15.1 Å². The van der Waals surface area contributed by atoms with E-state index in [2.05, 4.69) is 5.32 Å². The first kappa shape index (κ1) is 25.6. The zero-order valence-corrected chi connectivity index (χ0v) is 20.4. The Morgan fingerprint density at radius 3 is 2.28 bits per heavy atom. The van der Waals surface area contributed by atoms with Crippen LogP contribution >= 0.6 is 0 Å². The van der Waals surface area contributed by atoms with Gasteiger partial charge in [-0.3, -0.25) is 9.59 Å². The van der Waals surface area contributed by atoms with Crippen molar-refractivity contribution < 1.29 is 23.5 Å². The number of hydrogen-bond acceptors (Lipinski definition) is 4. The summed E-state index contributed by atoms with van der Waals surface area (Å²) in [6.45, 7) is 15.5. The Bertz CT molecular complexity index is 876. The van der Waals surface area contributed by atoms with Gasteiger partial charge >= 0.3 is 6.09 Å². The van der Waals surface area contributed by atoms with Crippen LogP contribution in [0.25, 0.3) is 0 Å². The second-order valence-electron chi connectivity index (χ2n) is 10.4. The molecule has 1 aromatic rings. The van der Waals surface area contributed by atoms with E-state index in [-0.39, 0.29) is 23.5 Å². The van der Waals surface area contributed by atoms with Gasteiger partial charge in [0.05, 0.1) is 5.54 Å². The van der Waals surface area contributed by atoms with E-state index in [9.17, 15) is 18.8 Å². The number of benzene rings is 1. The molecule has 1 atom stereocenters. The van der Waals surface area contributed by atoms with Crippen LogP contribution in [0, 0.1) is 18.7 Å². The van der Waals surface area contributed by atoms with Gasteiger partial charge in [0.2, 0.25) is 5.91 Å². The predicted molar refractivity (Wildman–Crippen MR) is 121 cm³/mol. The molecule has 0 aliphatic carbocycles. The van der Waals surface area contributed by atoms with E-state index < -0.39 is 23.3 Å². The first-order chi connectivity index (χ1) is 14.6. The molecular formula is C24H36FN3O4. The lowest BCUT2D eigenvalue weighted by Gasteiger charge is -2.48. The fraction of sp³-hybridized carbons (Fsp3) is 0.625. The Kier molecular flexibility index (Phi) is 7.58. The van der Waals surface area contributed by atoms with E-state index in [4.69, 9.17) is 4.74 Å². The number of carbonyl (C=O) groups excluding carboxylic acids is 3. The Morgan fingerprint density at radius 1 is 1.16 bits per heavy atom. The normalized spacial score (nSPS) is 17.2. The molecular weight excluding hydrogens is 413 g/mol. The maximum Gasteiger partial charge on any atom is 0.408 e. The Morgan fingerprint density at radius 2 is 1.78 bits per heavy atom. The van der Waals surface area contributed by atoms with Crippen molar-refractivity contribution in [2.45, 2.75) is 72.6 Å². The second-order valence-corrected chi connectivity index (χ2v) is 10.4. The number of ether oxygens (including phenoxy) is 1. The van der Waals surface area contributed by atoms with Gasteiger partial charge in [0.25, 0.3) is 5.91 Å². The molecule has 3 amide bonds. The summed E-state index contributed by atoms with van der Waals surface area (Å²) in [6.07, 6.45) is -0.635. The van der Waals surface area contributed by atoms with E-state index >= 15 is 0 Å². The lowest BCUT2D eigenvalue weighted by atomic mass is 9.94. The molecule has 0 spiro atoms. The molecule has 2 rings (SSSR count). The van der Waals surface area contributed by atoms with E-state index in [1.54, 1.807) is 37.5 Å². The van der Waals surface area contributed by atoms with Gasteiger partial charge in [0.1, 0.15) is 17.5 Å². The molecule has 1 fully saturated rings. The minimum absolute atomic E-state index is 0.139. The van der Waals surface area contributed by atoms with Crippen molar-refractivity contribution in [1.29, 1.82) is 0 Å². The summed E-state index contributed by atoms with van der Waals surface area (Å²) in [4.78, 5) is 42.1. The first-order valence-electron chi connectivity index (χ1n) is 11.0. The van der Waals surface area contributed by atoms with Crippen molar-refractivity contribution in [3.8, 4) is 0 Å². The summed E-state index contributed by atoms with van der Waals surface area (Å²) in [5.41, 5.74) is -0.281. The lowest BCUT2D eigenvalue weighted by Crippen LogP contribution is -2.64. The van der Waals surface area contributed by atoms with Gasteiger partial charge in [-0.1, -0.05) is 13.8 Å². The molecule has 0 saturated carbocycles. The third-order valence-corrected chi connectivity index (χ3v) is 5.48. The molecule has 1 aliphatic heterocycles. The van der Waals surface area contributed by atoms with Crippen LogP contribution in [0.2, 0.25) is 0 Å². The minimum Gasteiger partial charge on any atom is -0.444 e. The molecule has 0 radical (unpaired) electrons. The molecule has 32 heavy (non-hydrogen) atoms. The van der Waals surface area contributed by atoms with Gasteiger partial charge in [0, 0.05) is 25.2 Å². The van der Waals surface area contributed by atoms with Crippen LogP contribution in [-0.2, 0) is 9.53 Å². The highest BCUT2D eigenvalue weighted by Crippen LogP contribution is 2.26. The largest absolute Gasteiger partial charge is 0.444 e. The number of hydrogen-bond donors (Lipinski definition) is 1. The van der Waals surface area contributed by atoms with Crippen molar-refractivity contribution in [3.63, 3.8) is 0 Å². The number of amides is 3. The van der Waals surface area contributed by atoms with E-state index in [0.717, 1.165) is 0 Å². The Hall–Kier alpha value is -2.64. The van der Waals surface area contributed by atoms with Gasteiger partial charge in [-0.05, 0) is 71.2 Å². The molecule has 0 bridgehead atoms. The van der Waals surface area contributed by atoms with Gasteiger partial charge in [0.15, 0.2) is 0 Å². The molecule has 1 aromatic carbocycles. The number of nitrogens with zero attached hydrogens (tertiary/aromatic N) is 2. The molecule has 1 saturated heterocycles. The van der Waals surface area contributed by atoms with Gasteiger partial charge in [-0.25, -0.2) is 9.18 Å². The molecule has 1 heterocycles. The number of aryl methyl sites for hydroxylation is 1. The van der Waals surface area contributed by atoms with Crippen molar-refractivity contribution in [3.05, 3.63) is 35.1 Å². The fourth-order valence-electron chi connectivity index (χ4n) is 3.88. The molecule has 178 valence electrons. The van der Waals surface area contributed by atoms with Crippen LogP contribution in [0.5, 0.6) is 0 Å². The van der Waals surface area contributed by atoms with Gasteiger partial charge in [-0.15, -0.1) is 0 Å². The van der Waals surface area contributed by atoms with E-state index in [1.165, 1.54) is 18.2 Å². The predicted octanol–water partition coefficient (Wildman–Crippen LogP) is 3.75. The van der Waals surface area contributed by atoms with E-state index in [0.29, 0.717) is 30.8 Å². The standard InChI is InChI=1S/C24H36FN3O4/c1-15(2)19(26-22(31)32-23(4,5)6)21(30)27-11-12-28(24(7,8)14-27)20(29)18-10-9-17(25)13-16(18)3/h9-10,13,15,19H,11-12,14H2,1-8H3,(H,26,31)/t19-/m0/s1. The van der Waals surface area contributed by atoms with Crippen LogP contribution in [-0.4, -0.2) is 64.5 Å². The average Bonchev–Trinajstić information content (AvgIpc) is 2.62. The molecule has 8 heteroatoms. The highest BCUT2D eigenvalue weighted by atomic mass is 19.1. The fourth-order valence-corrected chi connectivity index (χ4v) is 3.88. The smallest absolute Gasteiger partial charge is 0.408 e. The highest BCUT2D eigenvalue weighted by molar-refractivity contribution is 5.96. The topological polar surface area (TPSA) is 79.0 Å². The quantitative estimate of drug-likeness (QED) is 0.759. The number of alkyl carbamates (subject to hydrolysis) is 1. The summed E-state index contributed by atoms with van der Waals surface area (Å²) < 4.78 is 18.8. The Balaban J connectivity index is 2.14. The zero-order chi connectivity index (χ0) is 24.4. The van der Waals surface area contributed by atoms with Crippen molar-refractivity contribution in [2.24, 2.45) is 5.92 Å². The lowest BCUT2D eigenvalue weighted by molar-refractivity contribution is -0.138. The minimum atomic E-state index is -0.734. The molecule has 0 aromatic heterocycles.